The van der Waals surface area contributed by atoms with Crippen LogP contribution >= 0.6 is 11.8 Å². The highest BCUT2D eigenvalue weighted by molar-refractivity contribution is 7.99. The van der Waals surface area contributed by atoms with Gasteiger partial charge in [-0.3, -0.25) is 18.6 Å². The molecule has 8 nitrogen and oxygen atoms in total. The number of benzene rings is 2. The first-order valence-corrected chi connectivity index (χ1v) is 11.4. The molecule has 9 heteroatoms. The number of carbonyl (C=O) groups is 1. The molecule has 0 fully saturated rings. The first-order valence-electron chi connectivity index (χ1n) is 10.4. The Morgan fingerprint density at radius 1 is 1.16 bits per heavy atom. The molecule has 0 saturated carbocycles. The fourth-order valence-corrected chi connectivity index (χ4v) is 4.31. The van der Waals surface area contributed by atoms with Crippen molar-refractivity contribution in [1.82, 2.24) is 19.2 Å². The standard InChI is InChI=1S/C23H22N6O2S/c1-2-3-13-28-21(31)18-6-4-5-7-19(18)29-22(28)26-27-23(29)32-14-12-20(30)25-17-10-8-16(15-24)9-11-17/h4-11H,2-3,12-14H2,1H3,(H,25,30). The van der Waals surface area contributed by atoms with Crippen LogP contribution in [0.5, 0.6) is 0 Å². The highest BCUT2D eigenvalue weighted by Gasteiger charge is 2.16. The average Bonchev–Trinajstić information content (AvgIpc) is 3.23. The van der Waals surface area contributed by atoms with Crippen LogP contribution in [0.1, 0.15) is 31.7 Å². The summed E-state index contributed by atoms with van der Waals surface area (Å²) in [4.78, 5) is 25.3. The van der Waals surface area contributed by atoms with Crippen molar-refractivity contribution in [3.05, 3.63) is 64.4 Å². The van der Waals surface area contributed by atoms with Crippen LogP contribution in [-0.4, -0.2) is 30.8 Å². The molecule has 4 rings (SSSR count). The van der Waals surface area contributed by atoms with Gasteiger partial charge in [-0.25, -0.2) is 0 Å². The van der Waals surface area contributed by atoms with Crippen LogP contribution in [0.4, 0.5) is 5.69 Å². The van der Waals surface area contributed by atoms with Crippen LogP contribution in [0.25, 0.3) is 16.7 Å². The van der Waals surface area contributed by atoms with E-state index in [9.17, 15) is 9.59 Å². The number of hydrogen-bond acceptors (Lipinski definition) is 6. The molecular weight excluding hydrogens is 424 g/mol. The lowest BCUT2D eigenvalue weighted by Crippen LogP contribution is -2.23. The molecule has 0 aliphatic rings. The third-order valence-corrected chi connectivity index (χ3v) is 6.00. The molecule has 0 radical (unpaired) electrons. The van der Waals surface area contributed by atoms with Gasteiger partial charge in [0, 0.05) is 24.4 Å². The number of rotatable bonds is 8. The second-order valence-electron chi connectivity index (χ2n) is 7.28. The third kappa shape index (κ3) is 4.36. The van der Waals surface area contributed by atoms with E-state index in [1.165, 1.54) is 11.8 Å². The smallest absolute Gasteiger partial charge is 0.262 e. The van der Waals surface area contributed by atoms with E-state index in [-0.39, 0.29) is 17.9 Å². The van der Waals surface area contributed by atoms with Gasteiger partial charge in [0.15, 0.2) is 5.16 Å². The molecule has 0 unspecified atom stereocenters. The normalized spacial score (nSPS) is 11.0. The second kappa shape index (κ2) is 9.66. The second-order valence-corrected chi connectivity index (χ2v) is 8.34. The van der Waals surface area contributed by atoms with Crippen molar-refractivity contribution in [2.45, 2.75) is 37.9 Å². The SMILES string of the molecule is CCCCn1c(=O)c2ccccc2n2c(SCCC(=O)Nc3ccc(C#N)cc3)nnc12. The summed E-state index contributed by atoms with van der Waals surface area (Å²) < 4.78 is 3.58. The molecule has 32 heavy (non-hydrogen) atoms. The summed E-state index contributed by atoms with van der Waals surface area (Å²) in [6, 6.07) is 16.2. The number of unbranched alkanes of at least 4 members (excludes halogenated alkanes) is 1. The lowest BCUT2D eigenvalue weighted by molar-refractivity contribution is -0.115. The number of carbonyl (C=O) groups excluding carboxylic acids is 1. The zero-order chi connectivity index (χ0) is 22.5. The molecule has 4 aromatic rings. The molecule has 2 aromatic carbocycles. The van der Waals surface area contributed by atoms with Gasteiger partial charge >= 0.3 is 0 Å². The van der Waals surface area contributed by atoms with E-state index < -0.39 is 0 Å². The Balaban J connectivity index is 1.53. The third-order valence-electron chi connectivity index (χ3n) is 5.07. The van der Waals surface area contributed by atoms with Gasteiger partial charge < -0.3 is 5.32 Å². The van der Waals surface area contributed by atoms with Crippen molar-refractivity contribution < 1.29 is 4.79 Å². The van der Waals surface area contributed by atoms with Crippen molar-refractivity contribution in [2.75, 3.05) is 11.1 Å². The number of nitrogens with one attached hydrogen (secondary N) is 1. The minimum atomic E-state index is -0.124. The van der Waals surface area contributed by atoms with Gasteiger partial charge in [-0.2, -0.15) is 5.26 Å². The van der Waals surface area contributed by atoms with E-state index in [4.69, 9.17) is 5.26 Å². The number of thioether (sulfide) groups is 1. The number of fused-ring (bicyclic) bond motifs is 3. The number of para-hydroxylation sites is 1. The Labute approximate surface area is 188 Å². The molecule has 0 bridgehead atoms. The highest BCUT2D eigenvalue weighted by atomic mass is 32.2. The summed E-state index contributed by atoms with van der Waals surface area (Å²) >= 11 is 1.42. The Bertz CT molecular complexity index is 1370. The summed E-state index contributed by atoms with van der Waals surface area (Å²) in [5, 5.41) is 21.6. The zero-order valence-corrected chi connectivity index (χ0v) is 18.4. The first-order chi connectivity index (χ1) is 15.6. The van der Waals surface area contributed by atoms with Crippen molar-refractivity contribution in [1.29, 1.82) is 5.26 Å². The van der Waals surface area contributed by atoms with Crippen molar-refractivity contribution in [3.63, 3.8) is 0 Å². The number of aromatic nitrogens is 4. The Morgan fingerprint density at radius 3 is 2.69 bits per heavy atom. The molecule has 162 valence electrons. The summed E-state index contributed by atoms with van der Waals surface area (Å²) in [6.07, 6.45) is 2.13. The number of nitrogens with zero attached hydrogens (tertiary/aromatic N) is 5. The maximum absolute atomic E-state index is 13.0. The van der Waals surface area contributed by atoms with Crippen molar-refractivity contribution >= 4 is 40.0 Å². The summed E-state index contributed by atoms with van der Waals surface area (Å²) in [6.45, 7) is 2.66. The van der Waals surface area contributed by atoms with Crippen LogP contribution in [0, 0.1) is 11.3 Å². The van der Waals surface area contributed by atoms with E-state index in [0.29, 0.717) is 39.9 Å². The van der Waals surface area contributed by atoms with E-state index in [1.807, 2.05) is 28.7 Å². The topological polar surface area (TPSA) is 105 Å². The minimum Gasteiger partial charge on any atom is -0.326 e. The molecule has 0 aliphatic carbocycles. The number of nitriles is 1. The first kappa shape index (κ1) is 21.6. The predicted octanol–water partition coefficient (Wildman–Crippen LogP) is 3.84. The summed E-state index contributed by atoms with van der Waals surface area (Å²) in [5.74, 6) is 0.901. The van der Waals surface area contributed by atoms with Crippen LogP contribution in [0.2, 0.25) is 0 Å². The summed E-state index contributed by atoms with van der Waals surface area (Å²) in [7, 11) is 0. The Kier molecular flexibility index (Phi) is 6.52. The largest absolute Gasteiger partial charge is 0.326 e. The molecule has 1 amide bonds. The Hall–Kier alpha value is -3.64. The number of amides is 1. The molecule has 2 aromatic heterocycles. The predicted molar refractivity (Wildman–Crippen MR) is 125 cm³/mol. The zero-order valence-electron chi connectivity index (χ0n) is 17.6. The van der Waals surface area contributed by atoms with Gasteiger partial charge in [-0.05, 0) is 42.8 Å². The van der Waals surface area contributed by atoms with E-state index in [2.05, 4.69) is 28.5 Å². The van der Waals surface area contributed by atoms with Gasteiger partial charge in [0.25, 0.3) is 5.56 Å². The molecule has 0 spiro atoms. The van der Waals surface area contributed by atoms with Crippen LogP contribution < -0.4 is 10.9 Å². The number of hydrogen-bond donors (Lipinski definition) is 1. The summed E-state index contributed by atoms with van der Waals surface area (Å²) in [5.41, 5.74) is 1.89. The van der Waals surface area contributed by atoms with Crippen LogP contribution in [0.15, 0.2) is 58.5 Å². The molecule has 2 heterocycles. The molecule has 1 N–H and O–H groups in total. The van der Waals surface area contributed by atoms with Crippen LogP contribution in [-0.2, 0) is 11.3 Å². The fourth-order valence-electron chi connectivity index (χ4n) is 3.43. The van der Waals surface area contributed by atoms with Crippen molar-refractivity contribution in [2.24, 2.45) is 0 Å². The molecule has 0 saturated heterocycles. The molecule has 0 atom stereocenters. The minimum absolute atomic E-state index is 0.0627. The van der Waals surface area contributed by atoms with Gasteiger partial charge in [-0.1, -0.05) is 37.2 Å². The Morgan fingerprint density at radius 2 is 1.94 bits per heavy atom. The number of aryl methyl sites for hydroxylation is 1. The van der Waals surface area contributed by atoms with Crippen molar-refractivity contribution in [3.8, 4) is 6.07 Å². The fraction of sp³-hybridized carbons (Fsp3) is 0.261. The lowest BCUT2D eigenvalue weighted by atomic mass is 10.2. The number of anilines is 1. The van der Waals surface area contributed by atoms with Gasteiger partial charge in [-0.15, -0.1) is 10.2 Å². The van der Waals surface area contributed by atoms with Gasteiger partial charge in [0.05, 0.1) is 22.5 Å². The molecule has 0 aliphatic heterocycles. The van der Waals surface area contributed by atoms with E-state index in [0.717, 1.165) is 18.4 Å². The quantitative estimate of drug-likeness (QED) is 0.412. The van der Waals surface area contributed by atoms with E-state index >= 15 is 0 Å². The highest BCUT2D eigenvalue weighted by Crippen LogP contribution is 2.22. The maximum atomic E-state index is 13.0. The van der Waals surface area contributed by atoms with Gasteiger partial charge in [0.2, 0.25) is 11.7 Å². The van der Waals surface area contributed by atoms with Crippen LogP contribution in [0.3, 0.4) is 0 Å². The average molecular weight is 447 g/mol. The van der Waals surface area contributed by atoms with E-state index in [1.54, 1.807) is 28.8 Å². The van der Waals surface area contributed by atoms with Gasteiger partial charge in [0.1, 0.15) is 0 Å². The monoisotopic (exact) mass is 446 g/mol. The molecular formula is C23H22N6O2S. The lowest BCUT2D eigenvalue weighted by Gasteiger charge is -2.10. The maximum Gasteiger partial charge on any atom is 0.262 e.